The van der Waals surface area contributed by atoms with Crippen LogP contribution < -0.4 is 10.3 Å². The second-order valence-electron chi connectivity index (χ2n) is 5.08. The molecule has 1 aromatic rings. The molecule has 1 heterocycles. The molecule has 1 aliphatic heterocycles. The number of amidine groups is 1. The Morgan fingerprint density at radius 3 is 2.56 bits per heavy atom. The van der Waals surface area contributed by atoms with Gasteiger partial charge in [0.1, 0.15) is 5.84 Å². The molecule has 134 valence electrons. The van der Waals surface area contributed by atoms with Crippen LogP contribution in [0.5, 0.6) is 0 Å². The standard InChI is InChI=1S/C17H17Cl2N3O.C2H6/c1-4-6-12(5-2)17(23)20-16-11(3)10-22(21-16)13-7-8-14(18)15(19)9-13;1-2/h4-9,11H,1-2,10H2,3H3,(H,20,21,23);1-2H3/b12-6+;. The minimum Gasteiger partial charge on any atom is -0.308 e. The first-order valence-corrected chi connectivity index (χ1v) is 8.79. The summed E-state index contributed by atoms with van der Waals surface area (Å²) in [6.45, 7) is 13.8. The van der Waals surface area contributed by atoms with Crippen molar-refractivity contribution in [1.82, 2.24) is 5.32 Å². The Kier molecular flexibility index (Phi) is 8.46. The monoisotopic (exact) mass is 379 g/mol. The van der Waals surface area contributed by atoms with Crippen molar-refractivity contribution in [1.29, 1.82) is 0 Å². The van der Waals surface area contributed by atoms with E-state index in [-0.39, 0.29) is 11.8 Å². The normalized spacial score (nSPS) is 16.5. The van der Waals surface area contributed by atoms with Gasteiger partial charge in [-0.1, -0.05) is 75.4 Å². The molecule has 1 N–H and O–H groups in total. The minimum atomic E-state index is -0.263. The largest absolute Gasteiger partial charge is 0.308 e. The van der Waals surface area contributed by atoms with Crippen LogP contribution in [0.3, 0.4) is 0 Å². The quantitative estimate of drug-likeness (QED) is 0.576. The summed E-state index contributed by atoms with van der Waals surface area (Å²) in [7, 11) is 0. The topological polar surface area (TPSA) is 44.7 Å². The summed E-state index contributed by atoms with van der Waals surface area (Å²) in [6, 6.07) is 5.30. The second kappa shape index (κ2) is 10.1. The summed E-state index contributed by atoms with van der Waals surface area (Å²) in [6.07, 6.45) is 4.62. The van der Waals surface area contributed by atoms with Crippen molar-refractivity contribution in [3.63, 3.8) is 0 Å². The van der Waals surface area contributed by atoms with E-state index in [1.807, 2.05) is 26.8 Å². The number of nitrogens with one attached hydrogen (secondary N) is 1. The van der Waals surface area contributed by atoms with E-state index in [9.17, 15) is 4.79 Å². The first-order chi connectivity index (χ1) is 12.0. The Labute approximate surface area is 159 Å². The van der Waals surface area contributed by atoms with Crippen LogP contribution in [0.1, 0.15) is 20.8 Å². The van der Waals surface area contributed by atoms with E-state index in [0.717, 1.165) is 5.69 Å². The lowest BCUT2D eigenvalue weighted by Crippen LogP contribution is -2.34. The maximum absolute atomic E-state index is 12.2. The van der Waals surface area contributed by atoms with E-state index in [1.54, 1.807) is 29.3 Å². The summed E-state index contributed by atoms with van der Waals surface area (Å²) in [5.41, 5.74) is 1.25. The zero-order valence-electron chi connectivity index (χ0n) is 14.7. The number of halogens is 2. The van der Waals surface area contributed by atoms with Gasteiger partial charge in [-0.2, -0.15) is 5.10 Å². The van der Waals surface area contributed by atoms with E-state index < -0.39 is 0 Å². The molecule has 1 aromatic carbocycles. The molecule has 1 unspecified atom stereocenters. The molecule has 4 nitrogen and oxygen atoms in total. The van der Waals surface area contributed by atoms with Crippen LogP contribution in [-0.4, -0.2) is 18.3 Å². The summed E-state index contributed by atoms with van der Waals surface area (Å²) in [5.74, 6) is 0.405. The molecule has 0 saturated carbocycles. The van der Waals surface area contributed by atoms with Gasteiger partial charge in [0.25, 0.3) is 5.91 Å². The van der Waals surface area contributed by atoms with E-state index in [0.29, 0.717) is 28.0 Å². The number of anilines is 1. The molecule has 0 fully saturated rings. The molecular weight excluding hydrogens is 357 g/mol. The molecule has 2 rings (SSSR count). The zero-order chi connectivity index (χ0) is 19.0. The molecule has 0 radical (unpaired) electrons. The number of hydrazone groups is 1. The number of nitrogens with zero attached hydrogens (tertiary/aromatic N) is 2. The molecule has 1 amide bonds. The average Bonchev–Trinajstić information content (AvgIpc) is 2.97. The molecule has 1 aliphatic rings. The number of carbonyl (C=O) groups excluding carboxylic acids is 1. The number of rotatable bonds is 4. The molecule has 6 heteroatoms. The molecule has 25 heavy (non-hydrogen) atoms. The summed E-state index contributed by atoms with van der Waals surface area (Å²) in [4.78, 5) is 12.2. The number of amides is 1. The second-order valence-corrected chi connectivity index (χ2v) is 5.90. The van der Waals surface area contributed by atoms with Crippen molar-refractivity contribution in [2.45, 2.75) is 20.8 Å². The van der Waals surface area contributed by atoms with E-state index >= 15 is 0 Å². The van der Waals surface area contributed by atoms with Gasteiger partial charge in [0.05, 0.1) is 22.3 Å². The lowest BCUT2D eigenvalue weighted by molar-refractivity contribution is -0.115. The Morgan fingerprint density at radius 2 is 2.00 bits per heavy atom. The van der Waals surface area contributed by atoms with Gasteiger partial charge in [0, 0.05) is 11.5 Å². The highest BCUT2D eigenvalue weighted by Crippen LogP contribution is 2.29. The van der Waals surface area contributed by atoms with Crippen LogP contribution >= 0.6 is 23.2 Å². The van der Waals surface area contributed by atoms with Crippen LogP contribution in [0.15, 0.2) is 60.3 Å². The number of hydrogen-bond acceptors (Lipinski definition) is 3. The van der Waals surface area contributed by atoms with E-state index in [4.69, 9.17) is 23.2 Å². The molecule has 0 aromatic heterocycles. The van der Waals surface area contributed by atoms with Crippen LogP contribution in [-0.2, 0) is 4.79 Å². The Morgan fingerprint density at radius 1 is 1.32 bits per heavy atom. The third-order valence-corrected chi connectivity index (χ3v) is 4.10. The SMILES string of the molecule is C=C/C=C(\C=C)C(=O)NC1=NN(c2ccc(Cl)c(Cl)c2)CC1C.CC. The molecule has 1 atom stereocenters. The average molecular weight is 380 g/mol. The number of allylic oxidation sites excluding steroid dienone is 2. The van der Waals surface area contributed by atoms with Gasteiger partial charge in [-0.3, -0.25) is 9.80 Å². The van der Waals surface area contributed by atoms with Crippen LogP contribution in [0, 0.1) is 5.92 Å². The highest BCUT2D eigenvalue weighted by atomic mass is 35.5. The van der Waals surface area contributed by atoms with Crippen molar-refractivity contribution < 1.29 is 4.79 Å². The van der Waals surface area contributed by atoms with Gasteiger partial charge in [-0.25, -0.2) is 0 Å². The van der Waals surface area contributed by atoms with Crippen LogP contribution in [0.2, 0.25) is 10.0 Å². The molecule has 0 spiro atoms. The molecule has 0 bridgehead atoms. The van der Waals surface area contributed by atoms with Crippen molar-refractivity contribution in [2.75, 3.05) is 11.6 Å². The smallest absolute Gasteiger partial charge is 0.256 e. The van der Waals surface area contributed by atoms with E-state index in [2.05, 4.69) is 23.6 Å². The van der Waals surface area contributed by atoms with Crippen LogP contribution in [0.4, 0.5) is 5.69 Å². The van der Waals surface area contributed by atoms with E-state index in [1.165, 1.54) is 6.08 Å². The lowest BCUT2D eigenvalue weighted by atomic mass is 10.1. The Bertz CT molecular complexity index is 711. The van der Waals surface area contributed by atoms with Crippen molar-refractivity contribution >= 4 is 40.6 Å². The van der Waals surface area contributed by atoms with Crippen molar-refractivity contribution in [2.24, 2.45) is 11.0 Å². The first kappa shape index (κ1) is 21.0. The first-order valence-electron chi connectivity index (χ1n) is 8.04. The van der Waals surface area contributed by atoms with Gasteiger partial charge in [0.15, 0.2) is 0 Å². The van der Waals surface area contributed by atoms with Crippen molar-refractivity contribution in [3.8, 4) is 0 Å². The number of carbonyl (C=O) groups is 1. The Hall–Kier alpha value is -2.04. The third kappa shape index (κ3) is 5.48. The molecule has 0 aliphatic carbocycles. The maximum Gasteiger partial charge on any atom is 0.256 e. The van der Waals surface area contributed by atoms with Crippen molar-refractivity contribution in [3.05, 3.63) is 65.2 Å². The summed E-state index contributed by atoms with van der Waals surface area (Å²) < 4.78 is 0. The third-order valence-electron chi connectivity index (χ3n) is 3.36. The fraction of sp³-hybridized carbons (Fsp3) is 0.263. The molecular formula is C19H23Cl2N3O. The fourth-order valence-electron chi connectivity index (χ4n) is 2.12. The predicted octanol–water partition coefficient (Wildman–Crippen LogP) is 5.20. The van der Waals surface area contributed by atoms with Gasteiger partial charge in [0.2, 0.25) is 0 Å². The number of hydrogen-bond donors (Lipinski definition) is 1. The molecule has 0 saturated heterocycles. The maximum atomic E-state index is 12.2. The Balaban J connectivity index is 0.00000151. The fourth-order valence-corrected chi connectivity index (χ4v) is 2.42. The van der Waals surface area contributed by atoms with Gasteiger partial charge >= 0.3 is 0 Å². The van der Waals surface area contributed by atoms with Gasteiger partial charge in [-0.15, -0.1) is 0 Å². The highest BCUT2D eigenvalue weighted by Gasteiger charge is 2.25. The number of benzene rings is 1. The van der Waals surface area contributed by atoms with Crippen LogP contribution in [0.25, 0.3) is 0 Å². The predicted molar refractivity (Wildman–Crippen MR) is 108 cm³/mol. The minimum absolute atomic E-state index is 0.0724. The highest BCUT2D eigenvalue weighted by molar-refractivity contribution is 6.42. The summed E-state index contributed by atoms with van der Waals surface area (Å²) >= 11 is 12.0. The summed E-state index contributed by atoms with van der Waals surface area (Å²) in [5, 5.41) is 10.0. The lowest BCUT2D eigenvalue weighted by Gasteiger charge is -2.14. The van der Waals surface area contributed by atoms with Gasteiger partial charge in [-0.05, 0) is 18.2 Å². The van der Waals surface area contributed by atoms with Gasteiger partial charge < -0.3 is 5.32 Å². The zero-order valence-corrected chi connectivity index (χ0v) is 16.2.